The van der Waals surface area contributed by atoms with Crippen LogP contribution in [0.2, 0.25) is 0 Å². The summed E-state index contributed by atoms with van der Waals surface area (Å²) in [6.07, 6.45) is -1.26. The van der Waals surface area contributed by atoms with E-state index in [-0.39, 0.29) is 24.8 Å². The van der Waals surface area contributed by atoms with Gasteiger partial charge in [0.2, 0.25) is 0 Å². The minimum atomic E-state index is -4.55. The van der Waals surface area contributed by atoms with E-state index in [2.05, 4.69) is 15.0 Å². The molecule has 0 saturated carbocycles. The molecular weight excluding hydrogens is 435 g/mol. The lowest BCUT2D eigenvalue weighted by Crippen LogP contribution is -2.36. The lowest BCUT2D eigenvalue weighted by atomic mass is 10.00. The van der Waals surface area contributed by atoms with Gasteiger partial charge in [-0.05, 0) is 30.3 Å². The number of hydrogen-bond acceptors (Lipinski definition) is 6. The Bertz CT molecular complexity index is 1410. The van der Waals surface area contributed by atoms with Gasteiger partial charge in [-0.15, -0.1) is 0 Å². The summed E-state index contributed by atoms with van der Waals surface area (Å²) in [5.74, 6) is 0.0601. The number of ether oxygens (including phenoxy) is 1. The van der Waals surface area contributed by atoms with Crippen LogP contribution in [0.15, 0.2) is 48.8 Å². The Morgan fingerprint density at radius 3 is 2.73 bits per heavy atom. The number of benzene rings is 1. The average Bonchev–Trinajstić information content (AvgIpc) is 2.82. The lowest BCUT2D eigenvalue weighted by Gasteiger charge is -2.33. The second kappa shape index (κ2) is 7.66. The van der Waals surface area contributed by atoms with Crippen LogP contribution in [-0.4, -0.2) is 39.4 Å². The predicted molar refractivity (Wildman–Crippen MR) is 115 cm³/mol. The third-order valence-electron chi connectivity index (χ3n) is 5.83. The number of nitrogens with two attached hydrogens (primary N) is 1. The van der Waals surface area contributed by atoms with Gasteiger partial charge in [0.05, 0.1) is 30.5 Å². The van der Waals surface area contributed by atoms with Crippen LogP contribution in [0.5, 0.6) is 0 Å². The summed E-state index contributed by atoms with van der Waals surface area (Å²) in [5, 5.41) is 2.23. The van der Waals surface area contributed by atoms with Gasteiger partial charge in [-0.2, -0.15) is 13.2 Å². The van der Waals surface area contributed by atoms with Crippen molar-refractivity contribution < 1.29 is 22.7 Å². The highest BCUT2D eigenvalue weighted by Gasteiger charge is 2.35. The number of aromatic nitrogens is 3. The molecule has 33 heavy (non-hydrogen) atoms. The van der Waals surface area contributed by atoms with Gasteiger partial charge in [0, 0.05) is 46.7 Å². The Kier molecular flexibility index (Phi) is 4.89. The SMILES string of the molecule is CN(C(=O)c1ccc2nc(N)c3ccncc3c2c1)[C@@H]1COCc2nc(C(F)(F)F)ccc21. The molecule has 0 bridgehead atoms. The normalized spacial score (nSPS) is 16.1. The summed E-state index contributed by atoms with van der Waals surface area (Å²) in [7, 11) is 1.59. The number of likely N-dealkylation sites (N-methyl/N-ethyl adjacent to an activating group) is 1. The lowest BCUT2D eigenvalue weighted by molar-refractivity contribution is -0.141. The highest BCUT2D eigenvalue weighted by molar-refractivity contribution is 6.11. The van der Waals surface area contributed by atoms with Crippen molar-refractivity contribution in [2.24, 2.45) is 0 Å². The molecule has 0 saturated heterocycles. The van der Waals surface area contributed by atoms with Crippen LogP contribution in [0.3, 0.4) is 0 Å². The molecule has 4 aromatic rings. The number of pyridine rings is 3. The maximum Gasteiger partial charge on any atom is 0.433 e. The number of amides is 1. The molecule has 0 spiro atoms. The molecule has 1 aromatic carbocycles. The third kappa shape index (κ3) is 3.62. The molecule has 1 aliphatic rings. The average molecular weight is 453 g/mol. The minimum absolute atomic E-state index is 0.0418. The van der Waals surface area contributed by atoms with Crippen molar-refractivity contribution in [3.8, 4) is 0 Å². The van der Waals surface area contributed by atoms with Gasteiger partial charge in [0.25, 0.3) is 5.91 Å². The number of fused-ring (bicyclic) bond motifs is 4. The molecule has 0 aliphatic carbocycles. The summed E-state index contributed by atoms with van der Waals surface area (Å²) in [5.41, 5.74) is 6.80. The number of hydrogen-bond donors (Lipinski definition) is 1. The van der Waals surface area contributed by atoms with E-state index in [1.807, 2.05) is 0 Å². The topological polar surface area (TPSA) is 94.2 Å². The first-order chi connectivity index (χ1) is 15.7. The van der Waals surface area contributed by atoms with Gasteiger partial charge in [0.1, 0.15) is 11.5 Å². The van der Waals surface area contributed by atoms with E-state index in [0.717, 1.165) is 22.2 Å². The number of rotatable bonds is 2. The van der Waals surface area contributed by atoms with Gasteiger partial charge in [0.15, 0.2) is 0 Å². The number of carbonyl (C=O) groups excluding carboxylic acids is 1. The molecule has 1 amide bonds. The maximum absolute atomic E-state index is 13.3. The van der Waals surface area contributed by atoms with E-state index in [9.17, 15) is 18.0 Å². The Balaban J connectivity index is 1.52. The number of anilines is 1. The van der Waals surface area contributed by atoms with E-state index in [1.54, 1.807) is 43.7 Å². The number of carbonyl (C=O) groups is 1. The second-order valence-electron chi connectivity index (χ2n) is 7.83. The van der Waals surface area contributed by atoms with Crippen LogP contribution >= 0.6 is 0 Å². The smallest absolute Gasteiger partial charge is 0.383 e. The minimum Gasteiger partial charge on any atom is -0.383 e. The van der Waals surface area contributed by atoms with Crippen molar-refractivity contribution in [1.29, 1.82) is 0 Å². The van der Waals surface area contributed by atoms with E-state index >= 15 is 0 Å². The first-order valence-electron chi connectivity index (χ1n) is 10.1. The largest absolute Gasteiger partial charge is 0.433 e. The van der Waals surface area contributed by atoms with Gasteiger partial charge >= 0.3 is 6.18 Å². The van der Waals surface area contributed by atoms with Gasteiger partial charge < -0.3 is 15.4 Å². The Hall–Kier alpha value is -3.79. The molecule has 1 aliphatic heterocycles. The van der Waals surface area contributed by atoms with Gasteiger partial charge in [-0.25, -0.2) is 9.97 Å². The summed E-state index contributed by atoms with van der Waals surface area (Å²) in [6, 6.07) is 8.56. The van der Waals surface area contributed by atoms with Crippen molar-refractivity contribution >= 4 is 33.4 Å². The molecule has 5 rings (SSSR count). The summed E-state index contributed by atoms with van der Waals surface area (Å²) in [6.45, 7) is 0.112. The first kappa shape index (κ1) is 21.1. The molecule has 7 nitrogen and oxygen atoms in total. The zero-order chi connectivity index (χ0) is 23.3. The molecule has 1 atom stereocenters. The maximum atomic E-state index is 13.3. The van der Waals surface area contributed by atoms with Crippen LogP contribution in [0.1, 0.15) is 33.4 Å². The highest BCUT2D eigenvalue weighted by atomic mass is 19.4. The van der Waals surface area contributed by atoms with E-state index in [1.165, 1.54) is 11.0 Å². The van der Waals surface area contributed by atoms with E-state index in [4.69, 9.17) is 10.5 Å². The Morgan fingerprint density at radius 2 is 1.94 bits per heavy atom. The molecule has 0 radical (unpaired) electrons. The quantitative estimate of drug-likeness (QED) is 0.459. The highest BCUT2D eigenvalue weighted by Crippen LogP contribution is 2.34. The van der Waals surface area contributed by atoms with Gasteiger partial charge in [-0.1, -0.05) is 6.07 Å². The van der Waals surface area contributed by atoms with E-state index in [0.29, 0.717) is 22.5 Å². The molecule has 0 unspecified atom stereocenters. The van der Waals surface area contributed by atoms with Gasteiger partial charge in [-0.3, -0.25) is 9.78 Å². The fraction of sp³-hybridized carbons (Fsp3) is 0.217. The molecule has 10 heteroatoms. The number of alkyl halides is 3. The standard InChI is InChI=1S/C23H18F3N5O2/c1-31(19-11-33-10-18-14(19)3-5-20(29-18)23(24,25)26)22(32)12-2-4-17-15(8-12)16-9-28-7-6-13(16)21(27)30-17/h2-9,19H,10-11H2,1H3,(H2,27,30)/t19-/m1/s1. The molecule has 168 valence electrons. The summed E-state index contributed by atoms with van der Waals surface area (Å²) >= 11 is 0. The fourth-order valence-electron chi connectivity index (χ4n) is 4.12. The molecule has 2 N–H and O–H groups in total. The van der Waals surface area contributed by atoms with Crippen LogP contribution in [0, 0.1) is 0 Å². The van der Waals surface area contributed by atoms with Crippen molar-refractivity contribution in [3.63, 3.8) is 0 Å². The molecule has 4 heterocycles. The van der Waals surface area contributed by atoms with Crippen molar-refractivity contribution in [2.75, 3.05) is 19.4 Å². The summed E-state index contributed by atoms with van der Waals surface area (Å²) in [4.78, 5) is 27.1. The van der Waals surface area contributed by atoms with Crippen molar-refractivity contribution in [2.45, 2.75) is 18.8 Å². The first-order valence-corrected chi connectivity index (χ1v) is 10.1. The Morgan fingerprint density at radius 1 is 1.12 bits per heavy atom. The number of halogens is 3. The van der Waals surface area contributed by atoms with E-state index < -0.39 is 17.9 Å². The van der Waals surface area contributed by atoms with Crippen LogP contribution in [-0.2, 0) is 17.5 Å². The third-order valence-corrected chi connectivity index (χ3v) is 5.83. The molecule has 3 aromatic heterocycles. The van der Waals surface area contributed by atoms with Crippen LogP contribution < -0.4 is 5.73 Å². The van der Waals surface area contributed by atoms with Crippen LogP contribution in [0.4, 0.5) is 19.0 Å². The zero-order valence-electron chi connectivity index (χ0n) is 17.4. The molecule has 0 fully saturated rings. The number of nitrogen functional groups attached to an aromatic ring is 1. The Labute approximate surface area is 186 Å². The van der Waals surface area contributed by atoms with Crippen LogP contribution in [0.25, 0.3) is 21.7 Å². The van der Waals surface area contributed by atoms with Crippen molar-refractivity contribution in [1.82, 2.24) is 19.9 Å². The molecular formula is C23H18F3N5O2. The fourth-order valence-corrected chi connectivity index (χ4v) is 4.12. The van der Waals surface area contributed by atoms with Crippen molar-refractivity contribution in [3.05, 3.63) is 71.3 Å². The number of nitrogens with zero attached hydrogens (tertiary/aromatic N) is 4. The second-order valence-corrected chi connectivity index (χ2v) is 7.83. The zero-order valence-corrected chi connectivity index (χ0v) is 17.4. The predicted octanol–water partition coefficient (Wildman–Crippen LogP) is 4.12. The monoisotopic (exact) mass is 453 g/mol. The summed E-state index contributed by atoms with van der Waals surface area (Å²) < 4.78 is 44.6.